The van der Waals surface area contributed by atoms with Gasteiger partial charge < -0.3 is 0 Å². The van der Waals surface area contributed by atoms with Crippen molar-refractivity contribution in [3.8, 4) is 0 Å². The summed E-state index contributed by atoms with van der Waals surface area (Å²) in [5.41, 5.74) is 0.878. The van der Waals surface area contributed by atoms with Crippen molar-refractivity contribution in [2.45, 2.75) is 38.6 Å². The van der Waals surface area contributed by atoms with Crippen molar-refractivity contribution >= 4 is 44.7 Å². The van der Waals surface area contributed by atoms with E-state index in [0.717, 1.165) is 0 Å². The summed E-state index contributed by atoms with van der Waals surface area (Å²) in [6, 6.07) is 19.8. The van der Waals surface area contributed by atoms with Crippen LogP contribution in [0.1, 0.15) is 27.7 Å². The molecule has 0 radical (unpaired) electrons. The maximum Gasteiger partial charge on any atom is 0.382 e. The van der Waals surface area contributed by atoms with Crippen LogP contribution in [0.4, 0.5) is 0 Å². The molecular formula is C22H21BO2. The van der Waals surface area contributed by atoms with Crippen molar-refractivity contribution < 1.29 is 9.69 Å². The molecule has 1 aliphatic rings. The highest BCUT2D eigenvalue weighted by Crippen LogP contribution is 2.49. The van der Waals surface area contributed by atoms with Gasteiger partial charge in [-0.15, -0.1) is 0 Å². The highest BCUT2D eigenvalue weighted by molar-refractivity contribution is 6.73. The fourth-order valence-electron chi connectivity index (χ4n) is 4.14. The Bertz CT molecular complexity index is 1100. The second-order valence-corrected chi connectivity index (χ2v) is 8.30. The molecule has 0 N–H and O–H groups in total. The first kappa shape index (κ1) is 15.2. The second-order valence-electron chi connectivity index (χ2n) is 8.30. The molecule has 4 aromatic carbocycles. The van der Waals surface area contributed by atoms with Crippen LogP contribution in [0.15, 0.2) is 54.6 Å². The minimum atomic E-state index is -0.332. The summed E-state index contributed by atoms with van der Waals surface area (Å²) in [4.78, 5) is 11.6. The average molecular weight is 328 g/mol. The lowest BCUT2D eigenvalue weighted by Crippen LogP contribution is -2.44. The predicted octanol–water partition coefficient (Wildman–Crippen LogP) is 5.30. The van der Waals surface area contributed by atoms with Gasteiger partial charge in [0.2, 0.25) is 0 Å². The van der Waals surface area contributed by atoms with E-state index in [0.29, 0.717) is 0 Å². The quantitative estimate of drug-likeness (QED) is 0.268. The molecule has 0 saturated carbocycles. The maximum atomic E-state index is 5.86. The zero-order chi connectivity index (χ0) is 17.4. The largest absolute Gasteiger partial charge is 0.382 e. The van der Waals surface area contributed by atoms with Gasteiger partial charge in [0.1, 0.15) is 0 Å². The Labute approximate surface area is 148 Å². The van der Waals surface area contributed by atoms with Crippen molar-refractivity contribution in [1.29, 1.82) is 0 Å². The molecule has 0 amide bonds. The molecule has 4 aromatic rings. The van der Waals surface area contributed by atoms with Crippen LogP contribution < -0.4 is 5.46 Å². The van der Waals surface area contributed by atoms with Crippen LogP contribution in [-0.2, 0) is 9.69 Å². The summed E-state index contributed by atoms with van der Waals surface area (Å²) in [6.07, 6.45) is 0. The third-order valence-electron chi connectivity index (χ3n) is 6.40. The summed E-state index contributed by atoms with van der Waals surface area (Å²) >= 11 is 0. The lowest BCUT2D eigenvalue weighted by molar-refractivity contribution is -0.261. The Balaban J connectivity index is 1.86. The highest BCUT2D eigenvalue weighted by atomic mass is 17.2. The van der Waals surface area contributed by atoms with Crippen LogP contribution >= 0.6 is 0 Å². The van der Waals surface area contributed by atoms with Crippen LogP contribution in [-0.4, -0.2) is 12.5 Å². The van der Waals surface area contributed by atoms with E-state index in [1.807, 2.05) is 0 Å². The van der Waals surface area contributed by atoms with E-state index < -0.39 is 0 Å². The van der Waals surface area contributed by atoms with Gasteiger partial charge in [-0.1, -0.05) is 68.4 Å². The van der Waals surface area contributed by atoms with Gasteiger partial charge in [-0.05, 0) is 51.6 Å². The molecule has 5 rings (SSSR count). The molecule has 2 nitrogen and oxygen atoms in total. The zero-order valence-corrected chi connectivity index (χ0v) is 15.1. The maximum absolute atomic E-state index is 5.86. The summed E-state index contributed by atoms with van der Waals surface area (Å²) in [5.74, 6) is 0. The molecule has 1 fully saturated rings. The van der Waals surface area contributed by atoms with Crippen molar-refractivity contribution in [2.75, 3.05) is 0 Å². The molecule has 3 heteroatoms. The van der Waals surface area contributed by atoms with E-state index in [1.165, 1.54) is 37.8 Å². The summed E-state index contributed by atoms with van der Waals surface area (Å²) in [5, 5.41) is 7.66. The van der Waals surface area contributed by atoms with Gasteiger partial charge in [-0.2, -0.15) is 0 Å². The summed E-state index contributed by atoms with van der Waals surface area (Å²) in [6.45, 7) is 8.56. The molecular weight excluding hydrogens is 307 g/mol. The Morgan fingerprint density at radius 3 is 1.96 bits per heavy atom. The van der Waals surface area contributed by atoms with Gasteiger partial charge >= 0.3 is 6.92 Å². The highest BCUT2D eigenvalue weighted by Gasteiger charge is 2.56. The molecule has 0 aromatic heterocycles. The monoisotopic (exact) mass is 328 g/mol. The molecule has 124 valence electrons. The van der Waals surface area contributed by atoms with Gasteiger partial charge in [0.05, 0.1) is 5.60 Å². The molecule has 0 spiro atoms. The van der Waals surface area contributed by atoms with E-state index in [-0.39, 0.29) is 17.8 Å². The van der Waals surface area contributed by atoms with Gasteiger partial charge in [-0.25, -0.2) is 4.89 Å². The van der Waals surface area contributed by atoms with Crippen LogP contribution in [0, 0.1) is 0 Å². The Kier molecular flexibility index (Phi) is 2.88. The van der Waals surface area contributed by atoms with Crippen LogP contribution in [0.3, 0.4) is 0 Å². The molecule has 1 heterocycles. The van der Waals surface area contributed by atoms with Gasteiger partial charge in [0.15, 0.2) is 0 Å². The zero-order valence-electron chi connectivity index (χ0n) is 15.1. The molecule has 1 saturated heterocycles. The normalized spacial score (nSPS) is 19.4. The standard InChI is InChI=1S/C22H21BO2/c1-21(2)22(3,4)24-25-23(21)18-13-11-16-9-8-14-6-5-7-15-10-12-17(18)20(16)19(14)15/h5-13H,1-4H3. The van der Waals surface area contributed by atoms with E-state index >= 15 is 0 Å². The fraction of sp³-hybridized carbons (Fsp3) is 0.273. The van der Waals surface area contributed by atoms with Crippen LogP contribution in [0.5, 0.6) is 0 Å². The van der Waals surface area contributed by atoms with Crippen LogP contribution in [0.25, 0.3) is 32.3 Å². The van der Waals surface area contributed by atoms with E-state index in [2.05, 4.69) is 82.3 Å². The first-order chi connectivity index (χ1) is 11.9. The van der Waals surface area contributed by atoms with Crippen molar-refractivity contribution in [3.63, 3.8) is 0 Å². The van der Waals surface area contributed by atoms with Gasteiger partial charge in [-0.3, -0.25) is 4.81 Å². The molecule has 1 aliphatic heterocycles. The predicted molar refractivity (Wildman–Crippen MR) is 106 cm³/mol. The second kappa shape index (κ2) is 4.75. The lowest BCUT2D eigenvalue weighted by atomic mass is 9.39. The Morgan fingerprint density at radius 1 is 0.720 bits per heavy atom. The fourth-order valence-corrected chi connectivity index (χ4v) is 4.14. The molecule has 0 unspecified atom stereocenters. The average Bonchev–Trinajstić information content (AvgIpc) is 2.81. The third-order valence-corrected chi connectivity index (χ3v) is 6.40. The van der Waals surface area contributed by atoms with Gasteiger partial charge in [0, 0.05) is 5.31 Å². The molecule has 25 heavy (non-hydrogen) atoms. The van der Waals surface area contributed by atoms with E-state index in [1.54, 1.807) is 0 Å². The van der Waals surface area contributed by atoms with Crippen molar-refractivity contribution in [3.05, 3.63) is 54.6 Å². The molecule has 0 aliphatic carbocycles. The lowest BCUT2D eigenvalue weighted by Gasteiger charge is -2.32. The van der Waals surface area contributed by atoms with Crippen LogP contribution in [0.2, 0.25) is 5.31 Å². The number of rotatable bonds is 1. The van der Waals surface area contributed by atoms with E-state index in [9.17, 15) is 0 Å². The molecule has 0 bridgehead atoms. The first-order valence-corrected chi connectivity index (χ1v) is 8.91. The number of benzene rings is 4. The first-order valence-electron chi connectivity index (χ1n) is 8.91. The van der Waals surface area contributed by atoms with Crippen molar-refractivity contribution in [1.82, 2.24) is 0 Å². The minimum absolute atomic E-state index is 0.0907. The summed E-state index contributed by atoms with van der Waals surface area (Å²) < 4.78 is 0. The number of hydrogen-bond donors (Lipinski definition) is 0. The Morgan fingerprint density at radius 2 is 1.32 bits per heavy atom. The van der Waals surface area contributed by atoms with Gasteiger partial charge in [0.25, 0.3) is 0 Å². The Hall–Kier alpha value is -2.10. The minimum Gasteiger partial charge on any atom is -0.297 e. The SMILES string of the molecule is CC1(C)OOB(c2ccc3ccc4cccc5ccc2c3c45)C1(C)C. The molecule has 0 atom stereocenters. The number of hydrogen-bond acceptors (Lipinski definition) is 2. The van der Waals surface area contributed by atoms with E-state index in [4.69, 9.17) is 9.69 Å². The topological polar surface area (TPSA) is 18.5 Å². The summed E-state index contributed by atoms with van der Waals surface area (Å²) in [7, 11) is 0. The third kappa shape index (κ3) is 1.88. The van der Waals surface area contributed by atoms with Crippen molar-refractivity contribution in [2.24, 2.45) is 0 Å². The smallest absolute Gasteiger partial charge is 0.297 e.